The van der Waals surface area contributed by atoms with Crippen molar-refractivity contribution in [3.8, 4) is 0 Å². The van der Waals surface area contributed by atoms with Crippen molar-refractivity contribution in [1.82, 2.24) is 14.6 Å². The Balaban J connectivity index is 1.27. The topological polar surface area (TPSA) is 92.5 Å². The van der Waals surface area contributed by atoms with Crippen molar-refractivity contribution >= 4 is 38.6 Å². The van der Waals surface area contributed by atoms with E-state index in [2.05, 4.69) is 5.32 Å². The maximum absolute atomic E-state index is 12.7. The Morgan fingerprint density at radius 1 is 1.17 bits per heavy atom. The minimum atomic E-state index is -3.30. The smallest absolute Gasteiger partial charge is 0.235 e. The fourth-order valence-corrected chi connectivity index (χ4v) is 7.05. The summed E-state index contributed by atoms with van der Waals surface area (Å²) in [6, 6.07) is 5.49. The highest BCUT2D eigenvalue weighted by Crippen LogP contribution is 2.53. The van der Waals surface area contributed by atoms with Gasteiger partial charge in [0.05, 0.1) is 12.3 Å². The fourth-order valence-electron chi connectivity index (χ4n) is 5.34. The molecule has 2 bridgehead atoms. The summed E-state index contributed by atoms with van der Waals surface area (Å²) in [7, 11) is -3.30. The van der Waals surface area contributed by atoms with Gasteiger partial charge < -0.3 is 9.73 Å². The van der Waals surface area contributed by atoms with Crippen LogP contribution in [0.15, 0.2) is 22.6 Å². The molecule has 2 heterocycles. The van der Waals surface area contributed by atoms with Crippen molar-refractivity contribution in [3.05, 3.63) is 29.1 Å². The Labute approximate surface area is 181 Å². The second kappa shape index (κ2) is 7.21. The number of aromatic nitrogens is 1. The second-order valence-electron chi connectivity index (χ2n) is 9.10. The third kappa shape index (κ3) is 3.52. The molecule has 162 valence electrons. The molecule has 3 saturated carbocycles. The number of nitrogens with one attached hydrogen (secondary N) is 1. The maximum Gasteiger partial charge on any atom is 0.235 e. The van der Waals surface area contributed by atoms with Crippen LogP contribution in [0.4, 0.5) is 0 Å². The van der Waals surface area contributed by atoms with Crippen molar-refractivity contribution in [3.63, 3.8) is 0 Å². The van der Waals surface area contributed by atoms with E-state index in [0.717, 1.165) is 61.9 Å². The van der Waals surface area contributed by atoms with Gasteiger partial charge in [0.2, 0.25) is 21.8 Å². The molecule has 1 N–H and O–H groups in total. The summed E-state index contributed by atoms with van der Waals surface area (Å²) >= 11 is 6.08. The molecule has 0 radical (unpaired) electrons. The summed E-state index contributed by atoms with van der Waals surface area (Å²) in [5.41, 5.74) is 1.20. The number of carbonyl (C=O) groups excluding carboxylic acids is 1. The summed E-state index contributed by atoms with van der Waals surface area (Å²) in [5.74, 6) is 0.731. The van der Waals surface area contributed by atoms with Crippen LogP contribution in [0.5, 0.6) is 0 Å². The lowest BCUT2D eigenvalue weighted by Crippen LogP contribution is -2.59. The van der Waals surface area contributed by atoms with Gasteiger partial charge in [-0.2, -0.15) is 4.31 Å². The average molecular weight is 452 g/mol. The Kier molecular flexibility index (Phi) is 4.87. The number of oxazole rings is 1. The van der Waals surface area contributed by atoms with Crippen LogP contribution in [0, 0.1) is 0 Å². The number of nitrogens with zero attached hydrogens (tertiary/aromatic N) is 2. The molecule has 0 unspecified atom stereocenters. The highest BCUT2D eigenvalue weighted by molar-refractivity contribution is 7.89. The fraction of sp³-hybridized carbons (Fsp3) is 0.619. The third-order valence-corrected chi connectivity index (χ3v) is 9.37. The van der Waals surface area contributed by atoms with E-state index in [1.165, 1.54) is 4.31 Å². The van der Waals surface area contributed by atoms with Crippen molar-refractivity contribution in [2.45, 2.75) is 62.3 Å². The third-order valence-electron chi connectivity index (χ3n) is 7.23. The molecule has 0 atom stereocenters. The molecule has 1 aromatic heterocycles. The summed E-state index contributed by atoms with van der Waals surface area (Å²) < 4.78 is 31.8. The molecule has 6 rings (SSSR count). The van der Waals surface area contributed by atoms with Crippen molar-refractivity contribution in [1.29, 1.82) is 0 Å². The second-order valence-corrected chi connectivity index (χ2v) is 11.6. The van der Waals surface area contributed by atoms with Crippen LogP contribution in [0.2, 0.25) is 5.02 Å². The number of rotatable bonds is 4. The van der Waals surface area contributed by atoms with E-state index in [0.29, 0.717) is 18.0 Å². The largest absolute Gasteiger partial charge is 0.440 e. The molecule has 1 amide bonds. The number of hydrogen-bond acceptors (Lipinski definition) is 5. The molecular weight excluding hydrogens is 426 g/mol. The minimum Gasteiger partial charge on any atom is -0.440 e. The zero-order chi connectivity index (χ0) is 21.0. The van der Waals surface area contributed by atoms with E-state index in [4.69, 9.17) is 21.0 Å². The first-order valence-corrected chi connectivity index (χ1v) is 12.6. The van der Waals surface area contributed by atoms with Gasteiger partial charge >= 0.3 is 0 Å². The molecule has 1 saturated heterocycles. The molecule has 2 aromatic rings. The predicted molar refractivity (Wildman–Crippen MR) is 114 cm³/mol. The highest BCUT2D eigenvalue weighted by atomic mass is 35.5. The van der Waals surface area contributed by atoms with Crippen LogP contribution < -0.4 is 5.32 Å². The summed E-state index contributed by atoms with van der Waals surface area (Å²) in [5, 5.41) is 3.84. The van der Waals surface area contributed by atoms with Gasteiger partial charge in [-0.15, -0.1) is 0 Å². The summed E-state index contributed by atoms with van der Waals surface area (Å²) in [6.07, 6.45) is 6.74. The van der Waals surface area contributed by atoms with E-state index in [9.17, 15) is 13.2 Å². The number of fused-ring (bicyclic) bond motifs is 4. The predicted octanol–water partition coefficient (Wildman–Crippen LogP) is 3.37. The van der Waals surface area contributed by atoms with Crippen LogP contribution in [0.25, 0.3) is 11.1 Å². The lowest BCUT2D eigenvalue weighted by atomic mass is 9.57. The van der Waals surface area contributed by atoms with Gasteiger partial charge in [-0.25, -0.2) is 13.4 Å². The zero-order valence-corrected chi connectivity index (χ0v) is 18.4. The van der Waals surface area contributed by atoms with Gasteiger partial charge in [0.1, 0.15) is 5.52 Å². The molecule has 4 fully saturated rings. The molecule has 1 aliphatic heterocycles. The van der Waals surface area contributed by atoms with E-state index in [-0.39, 0.29) is 29.2 Å². The zero-order valence-electron chi connectivity index (χ0n) is 16.8. The van der Waals surface area contributed by atoms with Gasteiger partial charge in [0.15, 0.2) is 5.58 Å². The van der Waals surface area contributed by atoms with Gasteiger partial charge in [0.25, 0.3) is 0 Å². The van der Waals surface area contributed by atoms with E-state index in [1.54, 1.807) is 6.07 Å². The van der Waals surface area contributed by atoms with Crippen LogP contribution in [-0.2, 0) is 20.2 Å². The van der Waals surface area contributed by atoms with Crippen LogP contribution in [0.1, 0.15) is 57.3 Å². The van der Waals surface area contributed by atoms with E-state index < -0.39 is 10.0 Å². The minimum absolute atomic E-state index is 0.0683. The SMILES string of the molecule is O=C(CN1CCCCS1(=O)=O)NC12CCC(c3nc4cc(Cl)ccc4o3)(CC1)CC2. The molecule has 30 heavy (non-hydrogen) atoms. The highest BCUT2D eigenvalue weighted by Gasteiger charge is 2.52. The van der Waals surface area contributed by atoms with Gasteiger partial charge in [0, 0.05) is 22.5 Å². The van der Waals surface area contributed by atoms with E-state index in [1.807, 2.05) is 12.1 Å². The maximum atomic E-state index is 12.7. The van der Waals surface area contributed by atoms with Crippen molar-refractivity contribution in [2.75, 3.05) is 18.8 Å². The van der Waals surface area contributed by atoms with Crippen LogP contribution >= 0.6 is 11.6 Å². The standard InChI is InChI=1S/C21H26ClN3O4S/c22-15-3-4-17-16(13-15)23-19(29-17)20-5-8-21(9-6-20,10-7-20)24-18(26)14-25-11-1-2-12-30(25,27)28/h3-4,13H,1-2,5-12,14H2,(H,24,26). The number of carbonyl (C=O) groups is 1. The number of hydrogen-bond donors (Lipinski definition) is 1. The average Bonchev–Trinajstić information content (AvgIpc) is 3.15. The molecular formula is C21H26ClN3O4S. The normalized spacial score (nSPS) is 31.1. The summed E-state index contributed by atoms with van der Waals surface area (Å²) in [4.78, 5) is 17.4. The number of benzene rings is 1. The number of sulfonamides is 1. The van der Waals surface area contributed by atoms with E-state index >= 15 is 0 Å². The Bertz CT molecular complexity index is 1070. The molecule has 1 aromatic carbocycles. The van der Waals surface area contributed by atoms with Gasteiger partial charge in [-0.05, 0) is 69.6 Å². The van der Waals surface area contributed by atoms with Crippen molar-refractivity contribution < 1.29 is 17.6 Å². The first kappa shape index (κ1) is 20.3. The first-order valence-electron chi connectivity index (χ1n) is 10.6. The molecule has 9 heteroatoms. The lowest BCUT2D eigenvalue weighted by Gasteiger charge is -2.52. The molecule has 3 aliphatic carbocycles. The summed E-state index contributed by atoms with van der Waals surface area (Å²) in [6.45, 7) is 0.370. The quantitative estimate of drug-likeness (QED) is 0.769. The number of amides is 1. The van der Waals surface area contributed by atoms with Crippen molar-refractivity contribution in [2.24, 2.45) is 0 Å². The molecule has 4 aliphatic rings. The first-order chi connectivity index (χ1) is 14.3. The Hall–Kier alpha value is -1.64. The van der Waals surface area contributed by atoms with Crippen LogP contribution in [0.3, 0.4) is 0 Å². The monoisotopic (exact) mass is 451 g/mol. The number of halogens is 1. The Morgan fingerprint density at radius 3 is 2.60 bits per heavy atom. The molecule has 7 nitrogen and oxygen atoms in total. The lowest BCUT2D eigenvalue weighted by molar-refractivity contribution is -0.125. The van der Waals surface area contributed by atoms with Gasteiger partial charge in [-0.3, -0.25) is 4.79 Å². The van der Waals surface area contributed by atoms with Crippen LogP contribution in [-0.4, -0.2) is 48.0 Å². The molecule has 0 spiro atoms. The van der Waals surface area contributed by atoms with Gasteiger partial charge in [-0.1, -0.05) is 11.6 Å². The Morgan fingerprint density at radius 2 is 1.90 bits per heavy atom.